The quantitative estimate of drug-likeness (QED) is 0.192. The zero-order valence-electron chi connectivity index (χ0n) is 30.6. The van der Waals surface area contributed by atoms with Gasteiger partial charge in [-0.2, -0.15) is 0 Å². The number of fused-ring (bicyclic) bond motifs is 1. The summed E-state index contributed by atoms with van der Waals surface area (Å²) in [5.74, 6) is 0.519. The maximum Gasteiger partial charge on any atom is 0.319 e. The molecule has 2 aliphatic rings. The molecule has 5 N–H and O–H groups in total. The Morgan fingerprint density at radius 2 is 1.63 bits per heavy atom. The van der Waals surface area contributed by atoms with Crippen molar-refractivity contribution in [2.45, 2.75) is 58.2 Å². The van der Waals surface area contributed by atoms with Crippen molar-refractivity contribution in [2.75, 3.05) is 73.4 Å². The van der Waals surface area contributed by atoms with Gasteiger partial charge in [-0.25, -0.2) is 4.79 Å². The summed E-state index contributed by atoms with van der Waals surface area (Å²) < 4.78 is 5.85. The highest BCUT2D eigenvalue weighted by molar-refractivity contribution is 5.97. The third-order valence-corrected chi connectivity index (χ3v) is 9.77. The minimum Gasteiger partial charge on any atom is -0.492 e. The molecule has 0 spiro atoms. The molecule has 0 aliphatic carbocycles. The molecule has 278 valence electrons. The summed E-state index contributed by atoms with van der Waals surface area (Å²) in [6.45, 7) is 9.57. The fourth-order valence-electron chi connectivity index (χ4n) is 6.91. The Kier molecular flexibility index (Phi) is 13.1. The summed E-state index contributed by atoms with van der Waals surface area (Å²) in [5.41, 5.74) is 10.1. The first-order chi connectivity index (χ1) is 25.1. The number of rotatable bonds is 14. The number of nitrogens with zero attached hydrogens (tertiary/aromatic N) is 4. The van der Waals surface area contributed by atoms with Crippen molar-refractivity contribution in [3.8, 4) is 5.75 Å². The van der Waals surface area contributed by atoms with Crippen LogP contribution in [0.25, 0.3) is 0 Å². The molecular weight excluding hydrogens is 660 g/mol. The van der Waals surface area contributed by atoms with Crippen molar-refractivity contribution < 1.29 is 23.9 Å². The lowest BCUT2D eigenvalue weighted by molar-refractivity contribution is -0.139. The third-order valence-electron chi connectivity index (χ3n) is 9.77. The van der Waals surface area contributed by atoms with Gasteiger partial charge in [0.05, 0.1) is 18.6 Å². The van der Waals surface area contributed by atoms with Crippen LogP contribution in [0.15, 0.2) is 72.8 Å². The van der Waals surface area contributed by atoms with Crippen LogP contribution in [0.5, 0.6) is 5.75 Å². The van der Waals surface area contributed by atoms with Gasteiger partial charge in [0, 0.05) is 68.4 Å². The monoisotopic (exact) mass is 712 g/mol. The lowest BCUT2D eigenvalue weighted by Crippen LogP contribution is -2.55. The van der Waals surface area contributed by atoms with Crippen LogP contribution in [0.4, 0.5) is 27.5 Å². The number of carbonyl (C=O) groups is 4. The molecule has 3 aromatic carbocycles. The molecular formula is C39H52N8O5. The number of amides is 5. The van der Waals surface area contributed by atoms with Gasteiger partial charge in [0.1, 0.15) is 12.4 Å². The Morgan fingerprint density at radius 3 is 2.35 bits per heavy atom. The molecule has 0 bridgehead atoms. The number of hydrogen-bond acceptors (Lipinski definition) is 8. The van der Waals surface area contributed by atoms with Crippen LogP contribution in [0, 0.1) is 0 Å². The highest BCUT2D eigenvalue weighted by atomic mass is 16.5. The summed E-state index contributed by atoms with van der Waals surface area (Å²) in [5, 5.41) is 8.17. The van der Waals surface area contributed by atoms with Crippen LogP contribution >= 0.6 is 0 Å². The molecule has 5 rings (SSSR count). The van der Waals surface area contributed by atoms with Crippen molar-refractivity contribution in [1.82, 2.24) is 15.1 Å². The second-order valence-electron chi connectivity index (χ2n) is 13.4. The third kappa shape index (κ3) is 9.39. The van der Waals surface area contributed by atoms with E-state index in [0.29, 0.717) is 49.8 Å². The molecule has 1 fully saturated rings. The summed E-state index contributed by atoms with van der Waals surface area (Å²) in [4.78, 5) is 58.4. The lowest BCUT2D eigenvalue weighted by atomic mass is 9.89. The fourth-order valence-corrected chi connectivity index (χ4v) is 6.91. The Balaban J connectivity index is 1.10. The van der Waals surface area contributed by atoms with E-state index in [9.17, 15) is 19.2 Å². The predicted octanol–water partition coefficient (Wildman–Crippen LogP) is 4.42. The Labute approximate surface area is 306 Å². The molecule has 52 heavy (non-hydrogen) atoms. The number of ether oxygens (including phenoxy) is 1. The lowest BCUT2D eigenvalue weighted by Gasteiger charge is -2.44. The smallest absolute Gasteiger partial charge is 0.319 e. The van der Waals surface area contributed by atoms with E-state index >= 15 is 0 Å². The highest BCUT2D eigenvalue weighted by Crippen LogP contribution is 2.42. The largest absolute Gasteiger partial charge is 0.492 e. The van der Waals surface area contributed by atoms with E-state index in [1.54, 1.807) is 29.2 Å². The molecule has 13 heteroatoms. The van der Waals surface area contributed by atoms with E-state index in [2.05, 4.69) is 38.7 Å². The van der Waals surface area contributed by atoms with Crippen molar-refractivity contribution in [2.24, 2.45) is 5.73 Å². The van der Waals surface area contributed by atoms with Gasteiger partial charge < -0.3 is 41.1 Å². The number of piperazine rings is 1. The van der Waals surface area contributed by atoms with Gasteiger partial charge in [-0.1, -0.05) is 25.1 Å². The molecule has 0 radical (unpaired) electrons. The van der Waals surface area contributed by atoms with Gasteiger partial charge in [0.15, 0.2) is 0 Å². The maximum absolute atomic E-state index is 12.9. The molecule has 3 atom stereocenters. The Bertz CT molecular complexity index is 1680. The molecule has 0 aromatic heterocycles. The number of anilines is 4. The van der Waals surface area contributed by atoms with E-state index in [4.69, 9.17) is 10.5 Å². The average molecular weight is 713 g/mol. The van der Waals surface area contributed by atoms with E-state index < -0.39 is 6.03 Å². The summed E-state index contributed by atoms with van der Waals surface area (Å²) in [6, 6.07) is 22.1. The molecule has 5 amide bonds. The van der Waals surface area contributed by atoms with Crippen molar-refractivity contribution in [1.29, 1.82) is 0 Å². The molecule has 13 nitrogen and oxygen atoms in total. The molecule has 3 aromatic rings. The Morgan fingerprint density at radius 1 is 0.942 bits per heavy atom. The van der Waals surface area contributed by atoms with Gasteiger partial charge in [0.2, 0.25) is 17.7 Å². The van der Waals surface area contributed by atoms with Gasteiger partial charge in [0.25, 0.3) is 0 Å². The zero-order chi connectivity index (χ0) is 37.2. The topological polar surface area (TPSA) is 153 Å². The molecule has 2 heterocycles. The SMILES string of the molecule is CCC(=O)N1c2ccccc2[C@H](N(CCCN)c2ccc(NC(=O)CNC(=O)Nc3ccc(OCCN4CCN(C)C(=O)[C@H]4C)cc3)cc2)C[C@@H]1C. The number of nitrogens with one attached hydrogen (secondary N) is 3. The number of likely N-dealkylation sites (N-methyl/N-ethyl adjacent to an activating group) is 1. The predicted molar refractivity (Wildman–Crippen MR) is 205 cm³/mol. The fraction of sp³-hybridized carbons (Fsp3) is 0.436. The average Bonchev–Trinajstić information content (AvgIpc) is 3.15. The van der Waals surface area contributed by atoms with Crippen LogP contribution in [0.2, 0.25) is 0 Å². The van der Waals surface area contributed by atoms with Crippen LogP contribution in [-0.2, 0) is 14.4 Å². The maximum atomic E-state index is 12.9. The van der Waals surface area contributed by atoms with E-state index in [-0.39, 0.29) is 42.4 Å². The standard InChI is InChI=1S/C39H52N8O5/c1-5-37(49)47-27(2)25-35(33-9-6-7-10-34(33)47)46(20-8-19-40)31-15-11-29(12-16-31)42-36(48)26-41-39(51)43-30-13-17-32(18-14-30)52-24-23-45-22-21-44(4)38(50)28(45)3/h6-7,9-18,27-28,35H,5,8,19-26,40H2,1-4H3,(H,42,48)(H2,41,43,51)/t27-,28+,35+/m0/s1. The normalized spacial score (nSPS) is 18.7. The minimum atomic E-state index is -0.510. The van der Waals surface area contributed by atoms with Crippen molar-refractivity contribution in [3.05, 3.63) is 78.4 Å². The number of hydrogen-bond donors (Lipinski definition) is 4. The first-order valence-corrected chi connectivity index (χ1v) is 18.1. The number of carbonyl (C=O) groups excluding carboxylic acids is 4. The summed E-state index contributed by atoms with van der Waals surface area (Å²) >= 11 is 0. The second kappa shape index (κ2) is 17.9. The molecule has 0 saturated carbocycles. The van der Waals surface area contributed by atoms with Crippen molar-refractivity contribution in [3.63, 3.8) is 0 Å². The number of urea groups is 1. The van der Waals surface area contributed by atoms with Crippen LogP contribution in [0.1, 0.15) is 51.6 Å². The number of nitrogens with two attached hydrogens (primary N) is 1. The van der Waals surface area contributed by atoms with Crippen LogP contribution in [-0.4, -0.2) is 98.6 Å². The van der Waals surface area contributed by atoms with Crippen LogP contribution < -0.4 is 36.2 Å². The van der Waals surface area contributed by atoms with Gasteiger partial charge in [-0.3, -0.25) is 19.3 Å². The zero-order valence-corrected chi connectivity index (χ0v) is 30.6. The van der Waals surface area contributed by atoms with Gasteiger partial charge in [-0.15, -0.1) is 0 Å². The van der Waals surface area contributed by atoms with Gasteiger partial charge in [-0.05, 0) is 93.4 Å². The van der Waals surface area contributed by atoms with Crippen molar-refractivity contribution >= 4 is 46.5 Å². The molecule has 1 saturated heterocycles. The second-order valence-corrected chi connectivity index (χ2v) is 13.4. The summed E-state index contributed by atoms with van der Waals surface area (Å²) in [6.07, 6.45) is 2.02. The molecule has 0 unspecified atom stereocenters. The minimum absolute atomic E-state index is 0.0330. The molecule has 2 aliphatic heterocycles. The Hall–Kier alpha value is -5.14. The van der Waals surface area contributed by atoms with Gasteiger partial charge >= 0.3 is 6.03 Å². The summed E-state index contributed by atoms with van der Waals surface area (Å²) in [7, 11) is 1.82. The number of benzene rings is 3. The van der Waals surface area contributed by atoms with E-state index in [1.807, 2.05) is 68.3 Å². The van der Waals surface area contributed by atoms with E-state index in [1.165, 1.54) is 0 Å². The number of para-hydroxylation sites is 1. The van der Waals surface area contributed by atoms with Crippen LogP contribution in [0.3, 0.4) is 0 Å². The highest BCUT2D eigenvalue weighted by Gasteiger charge is 2.36. The van der Waals surface area contributed by atoms with E-state index in [0.717, 1.165) is 42.9 Å². The first kappa shape index (κ1) is 38.1. The first-order valence-electron chi connectivity index (χ1n) is 18.1.